The number of aryl methyl sites for hydroxylation is 1. The molecule has 1 saturated heterocycles. The van der Waals surface area contributed by atoms with Gasteiger partial charge in [0.05, 0.1) is 22.9 Å². The predicted octanol–water partition coefficient (Wildman–Crippen LogP) is 2.51. The smallest absolute Gasteiger partial charge is 0.243 e. The summed E-state index contributed by atoms with van der Waals surface area (Å²) in [7, 11) is -7.36. The molecular weight excluding hydrogens is 490 g/mol. The zero-order valence-electron chi connectivity index (χ0n) is 20.4. The van der Waals surface area contributed by atoms with E-state index >= 15 is 0 Å². The zero-order chi connectivity index (χ0) is 25.6. The minimum Gasteiger partial charge on any atom is -0.494 e. The predicted molar refractivity (Wildman–Crippen MR) is 133 cm³/mol. The first-order valence-electron chi connectivity index (χ1n) is 11.7. The minimum absolute atomic E-state index is 0.0999. The number of nitrogens with one attached hydrogen (secondary N) is 1. The number of rotatable bonds is 11. The number of ether oxygens (including phenoxy) is 1. The Balaban J connectivity index is 1.61. The van der Waals surface area contributed by atoms with Gasteiger partial charge in [0.2, 0.25) is 26.0 Å². The van der Waals surface area contributed by atoms with Gasteiger partial charge >= 0.3 is 0 Å². The van der Waals surface area contributed by atoms with Crippen LogP contribution in [0.1, 0.15) is 37.8 Å². The Morgan fingerprint density at radius 3 is 2.20 bits per heavy atom. The Labute approximate surface area is 208 Å². The van der Waals surface area contributed by atoms with E-state index in [9.17, 15) is 21.6 Å². The van der Waals surface area contributed by atoms with Gasteiger partial charge in [0.25, 0.3) is 0 Å². The number of sulfonamides is 2. The summed E-state index contributed by atoms with van der Waals surface area (Å²) in [6.45, 7) is 6.80. The van der Waals surface area contributed by atoms with Gasteiger partial charge in [0.15, 0.2) is 0 Å². The second kappa shape index (κ2) is 11.5. The highest BCUT2D eigenvalue weighted by molar-refractivity contribution is 7.89. The van der Waals surface area contributed by atoms with E-state index in [1.807, 2.05) is 6.92 Å². The number of hydrogen-bond acceptors (Lipinski definition) is 6. The van der Waals surface area contributed by atoms with Crippen molar-refractivity contribution in [1.29, 1.82) is 0 Å². The van der Waals surface area contributed by atoms with E-state index in [-0.39, 0.29) is 29.4 Å². The molecule has 0 bridgehead atoms. The molecule has 9 nitrogen and oxygen atoms in total. The van der Waals surface area contributed by atoms with Crippen molar-refractivity contribution in [2.75, 3.05) is 32.8 Å². The van der Waals surface area contributed by atoms with Crippen LogP contribution in [-0.2, 0) is 31.4 Å². The molecule has 0 aromatic heterocycles. The first-order valence-corrected chi connectivity index (χ1v) is 14.6. The first kappa shape index (κ1) is 27.1. The average molecular weight is 524 g/mol. The molecule has 11 heteroatoms. The highest BCUT2D eigenvalue weighted by Crippen LogP contribution is 2.24. The van der Waals surface area contributed by atoms with Crippen molar-refractivity contribution < 1.29 is 26.4 Å². The molecule has 1 heterocycles. The molecule has 0 atom stereocenters. The monoisotopic (exact) mass is 523 g/mol. The normalized spacial score (nSPS) is 14.9. The SMILES string of the molecule is CCOc1ccc(S(=O)(=O)N(CC)CC(=O)NCc2ccc(S(=O)(=O)N3CCCC3)cc2)cc1C. The van der Waals surface area contributed by atoms with Crippen molar-refractivity contribution in [2.45, 2.75) is 49.9 Å². The van der Waals surface area contributed by atoms with Gasteiger partial charge in [-0.05, 0) is 68.1 Å². The third-order valence-corrected chi connectivity index (χ3v) is 9.70. The summed E-state index contributed by atoms with van der Waals surface area (Å²) in [5, 5.41) is 2.71. The lowest BCUT2D eigenvalue weighted by Gasteiger charge is -2.21. The molecular formula is C24H33N3O6S2. The van der Waals surface area contributed by atoms with Crippen LogP contribution in [0.15, 0.2) is 52.3 Å². The first-order chi connectivity index (χ1) is 16.6. The summed E-state index contributed by atoms with van der Waals surface area (Å²) >= 11 is 0. The summed E-state index contributed by atoms with van der Waals surface area (Å²) in [5.41, 5.74) is 1.41. The van der Waals surface area contributed by atoms with Gasteiger partial charge < -0.3 is 10.1 Å². The molecule has 2 aromatic rings. The van der Waals surface area contributed by atoms with Crippen molar-refractivity contribution in [3.8, 4) is 5.75 Å². The third-order valence-electron chi connectivity index (χ3n) is 5.87. The topological polar surface area (TPSA) is 113 Å². The second-order valence-corrected chi connectivity index (χ2v) is 12.2. The molecule has 0 radical (unpaired) electrons. The highest BCUT2D eigenvalue weighted by atomic mass is 32.2. The van der Waals surface area contributed by atoms with Crippen LogP contribution in [0.4, 0.5) is 0 Å². The number of amides is 1. The van der Waals surface area contributed by atoms with E-state index in [1.165, 1.54) is 22.5 Å². The molecule has 0 spiro atoms. The fourth-order valence-corrected chi connectivity index (χ4v) is 6.90. The van der Waals surface area contributed by atoms with Crippen molar-refractivity contribution in [2.24, 2.45) is 0 Å². The molecule has 35 heavy (non-hydrogen) atoms. The quantitative estimate of drug-likeness (QED) is 0.484. The molecule has 0 unspecified atom stereocenters. The number of benzene rings is 2. The van der Waals surface area contributed by atoms with Gasteiger partial charge in [-0.1, -0.05) is 19.1 Å². The maximum Gasteiger partial charge on any atom is 0.243 e. The molecule has 1 fully saturated rings. The number of likely N-dealkylation sites (N-methyl/N-ethyl adjacent to an activating group) is 1. The van der Waals surface area contributed by atoms with Gasteiger partial charge in [-0.2, -0.15) is 8.61 Å². The Kier molecular flexibility index (Phi) is 8.92. The lowest BCUT2D eigenvalue weighted by Crippen LogP contribution is -2.40. The van der Waals surface area contributed by atoms with Crippen LogP contribution >= 0.6 is 0 Å². The van der Waals surface area contributed by atoms with E-state index in [1.54, 1.807) is 38.1 Å². The standard InChI is InChI=1S/C24H33N3O6S2/c1-4-26(35(31,32)22-12-13-23(33-5-2)19(3)16-22)18-24(28)25-17-20-8-10-21(11-9-20)34(29,30)27-14-6-7-15-27/h8-13,16H,4-7,14-15,17-18H2,1-3H3,(H,25,28). The Bertz CT molecular complexity index is 1240. The summed E-state index contributed by atoms with van der Waals surface area (Å²) in [6, 6.07) is 11.0. The number of carbonyl (C=O) groups excluding carboxylic acids is 1. The van der Waals surface area contributed by atoms with E-state index in [0.29, 0.717) is 36.6 Å². The average Bonchev–Trinajstić information content (AvgIpc) is 3.39. The molecule has 2 aromatic carbocycles. The van der Waals surface area contributed by atoms with Crippen LogP contribution in [0.5, 0.6) is 5.75 Å². The largest absolute Gasteiger partial charge is 0.494 e. The summed E-state index contributed by atoms with van der Waals surface area (Å²) in [5.74, 6) is 0.165. The van der Waals surface area contributed by atoms with Crippen molar-refractivity contribution in [3.63, 3.8) is 0 Å². The summed E-state index contributed by atoms with van der Waals surface area (Å²) in [4.78, 5) is 12.9. The van der Waals surface area contributed by atoms with E-state index in [2.05, 4.69) is 5.32 Å². The summed E-state index contributed by atoms with van der Waals surface area (Å²) in [6.07, 6.45) is 1.73. The molecule has 3 rings (SSSR count). The molecule has 1 amide bonds. The molecule has 0 saturated carbocycles. The Morgan fingerprint density at radius 2 is 1.63 bits per heavy atom. The van der Waals surface area contributed by atoms with Crippen molar-refractivity contribution in [1.82, 2.24) is 13.9 Å². The summed E-state index contributed by atoms with van der Waals surface area (Å²) < 4.78 is 59.5. The van der Waals surface area contributed by atoms with Gasteiger partial charge in [0, 0.05) is 26.2 Å². The van der Waals surface area contributed by atoms with Gasteiger partial charge in [0.1, 0.15) is 5.75 Å². The van der Waals surface area contributed by atoms with Gasteiger partial charge in [-0.25, -0.2) is 16.8 Å². The lowest BCUT2D eigenvalue weighted by atomic mass is 10.2. The third kappa shape index (κ3) is 6.40. The molecule has 192 valence electrons. The zero-order valence-corrected chi connectivity index (χ0v) is 22.0. The van der Waals surface area contributed by atoms with Crippen LogP contribution in [0.25, 0.3) is 0 Å². The maximum atomic E-state index is 13.1. The van der Waals surface area contributed by atoms with E-state index in [4.69, 9.17) is 4.74 Å². The Hall–Kier alpha value is -2.47. The van der Waals surface area contributed by atoms with Crippen molar-refractivity contribution >= 4 is 26.0 Å². The molecule has 1 aliphatic heterocycles. The highest BCUT2D eigenvalue weighted by Gasteiger charge is 2.27. The van der Waals surface area contributed by atoms with E-state index < -0.39 is 26.0 Å². The fourth-order valence-electron chi connectivity index (χ4n) is 3.89. The van der Waals surface area contributed by atoms with Gasteiger partial charge in [-0.15, -0.1) is 0 Å². The second-order valence-electron chi connectivity index (χ2n) is 8.32. The number of nitrogens with zero attached hydrogens (tertiary/aromatic N) is 2. The molecule has 1 aliphatic rings. The molecule has 1 N–H and O–H groups in total. The maximum absolute atomic E-state index is 13.1. The van der Waals surface area contributed by atoms with E-state index in [0.717, 1.165) is 17.1 Å². The fraction of sp³-hybridized carbons (Fsp3) is 0.458. The minimum atomic E-state index is -3.87. The van der Waals surface area contributed by atoms with Crippen LogP contribution in [-0.4, -0.2) is 64.1 Å². The van der Waals surface area contributed by atoms with Crippen LogP contribution in [0.2, 0.25) is 0 Å². The van der Waals surface area contributed by atoms with Crippen LogP contribution in [0, 0.1) is 6.92 Å². The number of hydrogen-bond donors (Lipinski definition) is 1. The Morgan fingerprint density at radius 1 is 1.00 bits per heavy atom. The molecule has 0 aliphatic carbocycles. The van der Waals surface area contributed by atoms with Crippen LogP contribution in [0.3, 0.4) is 0 Å². The van der Waals surface area contributed by atoms with Crippen LogP contribution < -0.4 is 10.1 Å². The van der Waals surface area contributed by atoms with Crippen molar-refractivity contribution in [3.05, 3.63) is 53.6 Å². The van der Waals surface area contributed by atoms with Gasteiger partial charge in [-0.3, -0.25) is 4.79 Å². The lowest BCUT2D eigenvalue weighted by molar-refractivity contribution is -0.121. The number of carbonyl (C=O) groups is 1.